The summed E-state index contributed by atoms with van der Waals surface area (Å²) in [5, 5.41) is -0.0591. The highest BCUT2D eigenvalue weighted by atomic mass is 28.4. The lowest BCUT2D eigenvalue weighted by molar-refractivity contribution is -0.112. The molecule has 4 heteroatoms. The van der Waals surface area contributed by atoms with Crippen molar-refractivity contribution in [1.29, 1.82) is 0 Å². The molecular formula is C9H18O3Si. The first-order valence-corrected chi connectivity index (χ1v) is 6.77. The molecule has 0 unspecified atom stereocenters. The molecule has 0 aromatic rings. The van der Waals surface area contributed by atoms with E-state index in [2.05, 4.69) is 6.58 Å². The molecule has 0 bridgehead atoms. The van der Waals surface area contributed by atoms with Gasteiger partial charge in [-0.25, -0.2) is 0 Å². The monoisotopic (exact) mass is 202 g/mol. The summed E-state index contributed by atoms with van der Waals surface area (Å²) in [7, 11) is -2.65. The van der Waals surface area contributed by atoms with Crippen molar-refractivity contribution in [2.75, 3.05) is 13.2 Å². The van der Waals surface area contributed by atoms with Crippen LogP contribution >= 0.6 is 0 Å². The topological polar surface area (TPSA) is 35.5 Å². The van der Waals surface area contributed by atoms with Gasteiger partial charge in [0.05, 0.1) is 0 Å². The number of carbonyl (C=O) groups is 1. The fourth-order valence-corrected chi connectivity index (χ4v) is 3.33. The van der Waals surface area contributed by atoms with Gasteiger partial charge in [0.15, 0.2) is 5.41 Å². The summed E-state index contributed by atoms with van der Waals surface area (Å²) in [5.41, 5.74) is 0.510. The van der Waals surface area contributed by atoms with Gasteiger partial charge in [0.1, 0.15) is 0 Å². The van der Waals surface area contributed by atoms with Crippen molar-refractivity contribution in [1.82, 2.24) is 0 Å². The van der Waals surface area contributed by atoms with Gasteiger partial charge in [-0.3, -0.25) is 4.79 Å². The SMILES string of the molecule is C=C(C)C(=O)[Si](C)(OCC)OCC. The first kappa shape index (κ1) is 12.5. The Balaban J connectivity index is 4.56. The highest BCUT2D eigenvalue weighted by molar-refractivity contribution is 6.98. The summed E-state index contributed by atoms with van der Waals surface area (Å²) in [4.78, 5) is 11.7. The molecule has 0 fully saturated rings. The highest BCUT2D eigenvalue weighted by Gasteiger charge is 2.40. The maximum absolute atomic E-state index is 11.7. The molecule has 0 aliphatic carbocycles. The lowest BCUT2D eigenvalue weighted by Crippen LogP contribution is -2.48. The Hall–Kier alpha value is -0.453. The number of allylic oxidation sites excluding steroid dienone is 1. The van der Waals surface area contributed by atoms with Crippen LogP contribution in [0.5, 0.6) is 0 Å². The first-order valence-electron chi connectivity index (χ1n) is 4.46. The van der Waals surface area contributed by atoms with Gasteiger partial charge in [-0.1, -0.05) is 6.58 Å². The predicted octanol–water partition coefficient (Wildman–Crippen LogP) is 1.82. The Kier molecular flexibility index (Phi) is 5.13. The largest absolute Gasteiger partial charge is 0.412 e. The van der Waals surface area contributed by atoms with E-state index in [4.69, 9.17) is 8.85 Å². The third kappa shape index (κ3) is 3.42. The maximum atomic E-state index is 11.7. The van der Waals surface area contributed by atoms with E-state index < -0.39 is 8.56 Å². The molecule has 0 aromatic heterocycles. The van der Waals surface area contributed by atoms with Gasteiger partial charge in [0.2, 0.25) is 0 Å². The molecule has 0 atom stereocenters. The van der Waals surface area contributed by atoms with Crippen LogP contribution in [0.4, 0.5) is 0 Å². The maximum Gasteiger partial charge on any atom is 0.412 e. The van der Waals surface area contributed by atoms with Crippen molar-refractivity contribution in [3.05, 3.63) is 12.2 Å². The summed E-state index contributed by atoms with van der Waals surface area (Å²) < 4.78 is 10.8. The van der Waals surface area contributed by atoms with Crippen molar-refractivity contribution in [2.24, 2.45) is 0 Å². The van der Waals surface area contributed by atoms with Gasteiger partial charge in [-0.05, 0) is 32.9 Å². The number of carbonyl (C=O) groups excluding carboxylic acids is 1. The van der Waals surface area contributed by atoms with Crippen molar-refractivity contribution in [3.8, 4) is 0 Å². The Morgan fingerprint density at radius 1 is 1.31 bits per heavy atom. The Bertz CT molecular complexity index is 195. The Morgan fingerprint density at radius 3 is 1.92 bits per heavy atom. The second kappa shape index (κ2) is 5.31. The molecular weight excluding hydrogens is 184 g/mol. The molecule has 3 nitrogen and oxygen atoms in total. The van der Waals surface area contributed by atoms with E-state index in [9.17, 15) is 4.79 Å². The van der Waals surface area contributed by atoms with Crippen LogP contribution in [0.15, 0.2) is 12.2 Å². The van der Waals surface area contributed by atoms with Gasteiger partial charge < -0.3 is 8.85 Å². The molecule has 13 heavy (non-hydrogen) atoms. The molecule has 0 aliphatic heterocycles. The predicted molar refractivity (Wildman–Crippen MR) is 54.7 cm³/mol. The number of rotatable bonds is 6. The quantitative estimate of drug-likeness (QED) is 0.487. The van der Waals surface area contributed by atoms with E-state index in [1.807, 2.05) is 13.8 Å². The second-order valence-electron chi connectivity index (χ2n) is 2.92. The van der Waals surface area contributed by atoms with Crippen molar-refractivity contribution in [3.63, 3.8) is 0 Å². The summed E-state index contributed by atoms with van der Waals surface area (Å²) in [6.07, 6.45) is 0. The van der Waals surface area contributed by atoms with E-state index in [0.717, 1.165) is 0 Å². The zero-order valence-electron chi connectivity index (χ0n) is 8.85. The van der Waals surface area contributed by atoms with Crippen LogP contribution in [0.3, 0.4) is 0 Å². The first-order chi connectivity index (χ1) is 5.98. The summed E-state index contributed by atoms with van der Waals surface area (Å²) in [6, 6.07) is 0. The molecule has 0 spiro atoms. The van der Waals surface area contributed by atoms with Crippen LogP contribution in [0, 0.1) is 0 Å². The average molecular weight is 202 g/mol. The average Bonchev–Trinajstić information content (AvgIpc) is 2.03. The lowest BCUT2D eigenvalue weighted by Gasteiger charge is -2.24. The molecule has 76 valence electrons. The summed E-state index contributed by atoms with van der Waals surface area (Å²) >= 11 is 0. The smallest absolute Gasteiger partial charge is 0.390 e. The minimum Gasteiger partial charge on any atom is -0.390 e. The Labute approximate surface area is 81.0 Å². The molecule has 0 saturated carbocycles. The standard InChI is InChI=1S/C9H18O3Si/c1-6-11-13(5,12-7-2)9(10)8(3)4/h3,6-7H2,1-2,4-5H3. The molecule has 0 rings (SSSR count). The van der Waals surface area contributed by atoms with E-state index in [-0.39, 0.29) is 5.41 Å². The molecule has 0 heterocycles. The second-order valence-corrected chi connectivity index (χ2v) is 5.84. The fraction of sp³-hybridized carbons (Fsp3) is 0.667. The van der Waals surface area contributed by atoms with Crippen LogP contribution in [-0.4, -0.2) is 27.2 Å². The van der Waals surface area contributed by atoms with Crippen molar-refractivity contribution in [2.45, 2.75) is 27.3 Å². The number of hydrogen-bond acceptors (Lipinski definition) is 3. The zero-order valence-corrected chi connectivity index (χ0v) is 9.85. The van der Waals surface area contributed by atoms with Crippen molar-refractivity contribution < 1.29 is 13.6 Å². The van der Waals surface area contributed by atoms with E-state index in [0.29, 0.717) is 18.8 Å². The van der Waals surface area contributed by atoms with Crippen molar-refractivity contribution >= 4 is 14.0 Å². The molecule has 0 aromatic carbocycles. The lowest BCUT2D eigenvalue weighted by atomic mass is 10.4. The molecule has 0 aliphatic rings. The third-order valence-corrected chi connectivity index (χ3v) is 4.57. The fourth-order valence-electron chi connectivity index (χ4n) is 1.11. The van der Waals surface area contributed by atoms with E-state index in [1.54, 1.807) is 13.5 Å². The summed E-state index contributed by atoms with van der Waals surface area (Å²) in [5.74, 6) is 0. The highest BCUT2D eigenvalue weighted by Crippen LogP contribution is 2.12. The number of hydrogen-bond donors (Lipinski definition) is 0. The van der Waals surface area contributed by atoms with Gasteiger partial charge in [0.25, 0.3) is 0 Å². The van der Waals surface area contributed by atoms with Crippen LogP contribution in [-0.2, 0) is 13.6 Å². The van der Waals surface area contributed by atoms with Gasteiger partial charge in [-0.2, -0.15) is 0 Å². The van der Waals surface area contributed by atoms with Crippen LogP contribution < -0.4 is 0 Å². The van der Waals surface area contributed by atoms with Crippen LogP contribution in [0.1, 0.15) is 20.8 Å². The van der Waals surface area contributed by atoms with Gasteiger partial charge >= 0.3 is 8.56 Å². The Morgan fingerprint density at radius 2 is 1.69 bits per heavy atom. The summed E-state index contributed by atoms with van der Waals surface area (Å²) in [6.45, 7) is 11.8. The normalized spacial score (nSPS) is 11.4. The third-order valence-electron chi connectivity index (χ3n) is 1.64. The minimum absolute atomic E-state index is 0.0591. The molecule has 0 N–H and O–H groups in total. The van der Waals surface area contributed by atoms with Crippen LogP contribution in [0.2, 0.25) is 6.55 Å². The van der Waals surface area contributed by atoms with E-state index in [1.165, 1.54) is 0 Å². The molecule has 0 saturated heterocycles. The van der Waals surface area contributed by atoms with Gasteiger partial charge in [0, 0.05) is 13.2 Å². The molecule has 0 radical (unpaired) electrons. The zero-order chi connectivity index (χ0) is 10.5. The minimum atomic E-state index is -2.65. The van der Waals surface area contributed by atoms with Gasteiger partial charge in [-0.15, -0.1) is 0 Å². The van der Waals surface area contributed by atoms with Crippen LogP contribution in [0.25, 0.3) is 0 Å². The molecule has 0 amide bonds. The van der Waals surface area contributed by atoms with E-state index >= 15 is 0 Å².